The average Bonchev–Trinajstić information content (AvgIpc) is 3.54. The van der Waals surface area contributed by atoms with Gasteiger partial charge in [-0.1, -0.05) is 24.2 Å². The molecule has 1 unspecified atom stereocenters. The van der Waals surface area contributed by atoms with Gasteiger partial charge in [0.1, 0.15) is 6.17 Å². The van der Waals surface area contributed by atoms with Crippen LogP contribution in [0.3, 0.4) is 0 Å². The van der Waals surface area contributed by atoms with E-state index in [1.165, 1.54) is 0 Å². The van der Waals surface area contributed by atoms with E-state index in [9.17, 15) is 9.18 Å². The Kier molecular flexibility index (Phi) is 6.34. The van der Waals surface area contributed by atoms with E-state index in [1.54, 1.807) is 17.1 Å². The number of fused-ring (bicyclic) bond motifs is 1. The van der Waals surface area contributed by atoms with Crippen LogP contribution in [0.4, 0.5) is 16.0 Å². The highest BCUT2D eigenvalue weighted by atomic mass is 19.1. The molecule has 0 saturated heterocycles. The number of benzene rings is 1. The van der Waals surface area contributed by atoms with Crippen LogP contribution in [-0.4, -0.2) is 42.0 Å². The molecule has 38 heavy (non-hydrogen) atoms. The minimum absolute atomic E-state index is 0.0151. The number of halogens is 1. The summed E-state index contributed by atoms with van der Waals surface area (Å²) >= 11 is 0. The molecule has 1 fully saturated rings. The number of carbonyl (C=O) groups is 1. The highest BCUT2D eigenvalue weighted by molar-refractivity contribution is 5.90. The Morgan fingerprint density at radius 1 is 1.18 bits per heavy atom. The molecule has 2 aliphatic carbocycles. The number of rotatable bonds is 7. The third-order valence-electron chi connectivity index (χ3n) is 7.31. The molecule has 0 radical (unpaired) electrons. The van der Waals surface area contributed by atoms with Crippen molar-refractivity contribution in [3.05, 3.63) is 65.7 Å². The number of alkyl halides is 1. The molecular formula is C27H29FN8O2. The Hall–Kier alpha value is -4.15. The molecule has 2 aliphatic rings. The lowest BCUT2D eigenvalue weighted by atomic mass is 9.95. The van der Waals surface area contributed by atoms with Crippen molar-refractivity contribution in [1.29, 1.82) is 0 Å². The van der Waals surface area contributed by atoms with Crippen molar-refractivity contribution in [3.63, 3.8) is 0 Å². The molecule has 11 heteroatoms. The lowest BCUT2D eigenvalue weighted by Crippen LogP contribution is -2.29. The highest BCUT2D eigenvalue weighted by Crippen LogP contribution is 2.41. The van der Waals surface area contributed by atoms with Crippen molar-refractivity contribution < 1.29 is 13.7 Å². The largest absolute Gasteiger partial charge is 0.342 e. The molecule has 1 amide bonds. The Labute approximate surface area is 219 Å². The molecular weight excluding hydrogens is 487 g/mol. The van der Waals surface area contributed by atoms with E-state index in [0.717, 1.165) is 35.2 Å². The van der Waals surface area contributed by atoms with Crippen molar-refractivity contribution >= 4 is 17.5 Å². The average molecular weight is 517 g/mol. The van der Waals surface area contributed by atoms with E-state index in [1.807, 2.05) is 44.4 Å². The number of hydrogen-bond donors (Lipinski definition) is 2. The fraction of sp³-hybridized carbons (Fsp3) is 0.407. The maximum absolute atomic E-state index is 14.8. The maximum Gasteiger partial charge on any atom is 0.293 e. The molecule has 3 atom stereocenters. The molecule has 4 aromatic rings. The highest BCUT2D eigenvalue weighted by Gasteiger charge is 2.33. The molecule has 3 heterocycles. The van der Waals surface area contributed by atoms with Crippen molar-refractivity contribution in [2.24, 2.45) is 13.0 Å². The molecule has 1 saturated carbocycles. The fourth-order valence-electron chi connectivity index (χ4n) is 5.00. The Morgan fingerprint density at radius 3 is 2.84 bits per heavy atom. The Morgan fingerprint density at radius 2 is 2.05 bits per heavy atom. The van der Waals surface area contributed by atoms with Gasteiger partial charge in [0.25, 0.3) is 11.7 Å². The summed E-state index contributed by atoms with van der Waals surface area (Å²) in [6, 6.07) is 7.29. The van der Waals surface area contributed by atoms with E-state index in [2.05, 4.69) is 35.8 Å². The van der Waals surface area contributed by atoms with E-state index >= 15 is 0 Å². The normalized spacial score (nSPS) is 19.9. The first-order valence-corrected chi connectivity index (χ1v) is 12.9. The molecule has 1 aromatic carbocycles. The summed E-state index contributed by atoms with van der Waals surface area (Å²) < 4.78 is 21.8. The second-order valence-electron chi connectivity index (χ2n) is 10.2. The van der Waals surface area contributed by atoms with Crippen LogP contribution in [0, 0.1) is 5.92 Å². The molecule has 10 nitrogen and oxygen atoms in total. The summed E-state index contributed by atoms with van der Waals surface area (Å²) in [5, 5.41) is 14.2. The predicted octanol–water partition coefficient (Wildman–Crippen LogP) is 4.66. The quantitative estimate of drug-likeness (QED) is 0.340. The van der Waals surface area contributed by atoms with Gasteiger partial charge >= 0.3 is 0 Å². The van der Waals surface area contributed by atoms with Gasteiger partial charge in [-0.05, 0) is 54.9 Å². The number of nitrogens with one attached hydrogen (secondary N) is 2. The van der Waals surface area contributed by atoms with Gasteiger partial charge in [0, 0.05) is 37.3 Å². The first kappa shape index (κ1) is 24.2. The van der Waals surface area contributed by atoms with Crippen LogP contribution in [0.1, 0.15) is 72.2 Å². The van der Waals surface area contributed by atoms with Crippen LogP contribution < -0.4 is 10.6 Å². The van der Waals surface area contributed by atoms with Gasteiger partial charge in [0.15, 0.2) is 0 Å². The van der Waals surface area contributed by atoms with Crippen molar-refractivity contribution in [2.75, 3.05) is 5.32 Å². The second-order valence-corrected chi connectivity index (χ2v) is 10.2. The number of amides is 1. The van der Waals surface area contributed by atoms with Crippen molar-refractivity contribution in [3.8, 4) is 11.3 Å². The molecule has 0 bridgehead atoms. The minimum atomic E-state index is -1.00. The lowest BCUT2D eigenvalue weighted by molar-refractivity contribution is 0.0919. The first-order chi connectivity index (χ1) is 18.4. The number of nitrogens with zero attached hydrogens (tertiary/aromatic N) is 6. The minimum Gasteiger partial charge on any atom is -0.342 e. The summed E-state index contributed by atoms with van der Waals surface area (Å²) in [7, 11) is 1.83. The lowest BCUT2D eigenvalue weighted by Gasteiger charge is -2.19. The third-order valence-corrected chi connectivity index (χ3v) is 7.31. The number of aromatic nitrogens is 6. The number of hydrogen-bond acceptors (Lipinski definition) is 8. The summed E-state index contributed by atoms with van der Waals surface area (Å²) in [6.45, 7) is 2.04. The molecule has 196 valence electrons. The number of anilines is 2. The number of carbonyl (C=O) groups excluding carboxylic acids is 1. The van der Waals surface area contributed by atoms with Crippen LogP contribution in [-0.2, 0) is 13.5 Å². The standard InChI is InChI=1S/C27H29FN8O2/c1-15(16-3-4-16)26-34-24(35-38-26)25(37)32-23-8-6-19(28)12-18-11-17(5-7-21(18)23)22-9-10-29-27(33-22)31-20-13-30-36(2)14-20/h5,7,9-11,13-16,19,23H,3-4,6,8,12H2,1-2H3,(H,32,37)(H,29,31,33)/t15?,19-,23+/m0/s1. The zero-order valence-electron chi connectivity index (χ0n) is 21.3. The van der Waals surface area contributed by atoms with Crippen LogP contribution >= 0.6 is 0 Å². The van der Waals surface area contributed by atoms with Crippen molar-refractivity contribution in [1.82, 2.24) is 35.2 Å². The molecule has 3 aromatic heterocycles. The smallest absolute Gasteiger partial charge is 0.293 e. The molecule has 2 N–H and O–H groups in total. The summed E-state index contributed by atoms with van der Waals surface area (Å²) in [4.78, 5) is 26.3. The molecule has 0 aliphatic heterocycles. The van der Waals surface area contributed by atoms with Gasteiger partial charge in [0.05, 0.1) is 23.6 Å². The molecule has 0 spiro atoms. The van der Waals surface area contributed by atoms with Crippen LogP contribution in [0.25, 0.3) is 11.3 Å². The van der Waals surface area contributed by atoms with Gasteiger partial charge in [-0.15, -0.1) is 0 Å². The van der Waals surface area contributed by atoms with Gasteiger partial charge in [-0.3, -0.25) is 9.48 Å². The first-order valence-electron chi connectivity index (χ1n) is 12.9. The Balaban J connectivity index is 1.22. The van der Waals surface area contributed by atoms with E-state index in [-0.39, 0.29) is 24.2 Å². The molecule has 6 rings (SSSR count). The number of aryl methyl sites for hydroxylation is 1. The summed E-state index contributed by atoms with van der Waals surface area (Å²) in [5.74, 6) is 1.23. The van der Waals surface area contributed by atoms with Gasteiger partial charge in [-0.25, -0.2) is 14.4 Å². The topological polar surface area (TPSA) is 124 Å². The zero-order chi connectivity index (χ0) is 26.2. The third kappa shape index (κ3) is 5.13. The summed E-state index contributed by atoms with van der Waals surface area (Å²) in [5.41, 5.74) is 4.06. The van der Waals surface area contributed by atoms with Gasteiger partial charge in [-0.2, -0.15) is 10.1 Å². The fourth-order valence-corrected chi connectivity index (χ4v) is 5.00. The Bertz CT molecular complexity index is 1460. The predicted molar refractivity (Wildman–Crippen MR) is 137 cm³/mol. The van der Waals surface area contributed by atoms with Gasteiger partial charge < -0.3 is 15.2 Å². The van der Waals surface area contributed by atoms with E-state index in [4.69, 9.17) is 4.52 Å². The van der Waals surface area contributed by atoms with Gasteiger partial charge in [0.2, 0.25) is 11.8 Å². The zero-order valence-corrected chi connectivity index (χ0v) is 21.3. The van der Waals surface area contributed by atoms with E-state index in [0.29, 0.717) is 36.3 Å². The SMILES string of the molecule is CC(c1nc(C(=O)N[C@@H]2CC[C@H](F)Cc3cc(-c4ccnc(Nc5cnn(C)c5)n4)ccc32)no1)C1CC1. The summed E-state index contributed by atoms with van der Waals surface area (Å²) in [6.07, 6.45) is 7.59. The van der Waals surface area contributed by atoms with Crippen LogP contribution in [0.5, 0.6) is 0 Å². The van der Waals surface area contributed by atoms with Crippen LogP contribution in [0.15, 0.2) is 47.4 Å². The van der Waals surface area contributed by atoms with Crippen molar-refractivity contribution in [2.45, 2.75) is 57.2 Å². The van der Waals surface area contributed by atoms with E-state index < -0.39 is 12.1 Å². The monoisotopic (exact) mass is 516 g/mol. The second kappa shape index (κ2) is 9.96. The maximum atomic E-state index is 14.8. The van der Waals surface area contributed by atoms with Crippen LogP contribution in [0.2, 0.25) is 0 Å².